The minimum atomic E-state index is -0.176. The molecule has 3 rings (SSSR count). The van der Waals surface area contributed by atoms with Crippen molar-refractivity contribution in [2.24, 2.45) is 0 Å². The van der Waals surface area contributed by atoms with E-state index in [1.54, 1.807) is 31.5 Å². The van der Waals surface area contributed by atoms with Crippen molar-refractivity contribution < 1.29 is 5.11 Å². The van der Waals surface area contributed by atoms with Crippen LogP contribution in [0.2, 0.25) is 5.02 Å². The molecule has 6 heteroatoms. The van der Waals surface area contributed by atoms with Gasteiger partial charge in [-0.2, -0.15) is 0 Å². The normalized spacial score (nSPS) is 11.1. The van der Waals surface area contributed by atoms with E-state index in [-0.39, 0.29) is 17.0 Å². The van der Waals surface area contributed by atoms with Crippen LogP contribution in [0.5, 0.6) is 5.75 Å². The number of unbranched alkanes of at least 4 members (excludes halogenated alkanes) is 1. The maximum Gasteiger partial charge on any atom is 0.261 e. The van der Waals surface area contributed by atoms with E-state index in [9.17, 15) is 9.90 Å². The van der Waals surface area contributed by atoms with E-state index in [1.165, 1.54) is 10.6 Å². The predicted octanol–water partition coefficient (Wildman–Crippen LogP) is 3.77. The Morgan fingerprint density at radius 1 is 1.29 bits per heavy atom. The summed E-state index contributed by atoms with van der Waals surface area (Å²) in [5, 5.41) is 11.0. The van der Waals surface area contributed by atoms with Gasteiger partial charge in [0.05, 0.1) is 5.02 Å². The molecule has 0 radical (unpaired) electrons. The zero-order valence-electron chi connectivity index (χ0n) is 13.6. The lowest BCUT2D eigenvalue weighted by atomic mass is 10.1. The number of aromatic hydroxyl groups is 1. The third kappa shape index (κ3) is 2.76. The zero-order valence-corrected chi connectivity index (χ0v) is 14.3. The van der Waals surface area contributed by atoms with Crippen LogP contribution in [-0.4, -0.2) is 19.5 Å². The van der Waals surface area contributed by atoms with Crippen LogP contribution < -0.4 is 5.56 Å². The summed E-state index contributed by atoms with van der Waals surface area (Å²) < 4.78 is 1.33. The predicted molar refractivity (Wildman–Crippen MR) is 94.7 cm³/mol. The average Bonchev–Trinajstić information content (AvgIpc) is 2.57. The molecule has 5 nitrogen and oxygen atoms in total. The number of aromatic nitrogens is 3. The number of fused-ring (bicyclic) bond motifs is 1. The Bertz CT molecular complexity index is 952. The molecule has 0 aliphatic carbocycles. The van der Waals surface area contributed by atoms with Crippen LogP contribution in [0.3, 0.4) is 0 Å². The highest BCUT2D eigenvalue weighted by molar-refractivity contribution is 6.33. The number of aryl methyl sites for hydroxylation is 1. The van der Waals surface area contributed by atoms with Crippen molar-refractivity contribution in [1.82, 2.24) is 14.4 Å². The van der Waals surface area contributed by atoms with E-state index in [4.69, 9.17) is 11.6 Å². The lowest BCUT2D eigenvalue weighted by Gasteiger charge is -2.13. The molecule has 124 valence electrons. The van der Waals surface area contributed by atoms with Crippen LogP contribution in [0.4, 0.5) is 0 Å². The summed E-state index contributed by atoms with van der Waals surface area (Å²) in [7, 11) is 0. The second-order valence-electron chi connectivity index (χ2n) is 5.71. The summed E-state index contributed by atoms with van der Waals surface area (Å²) in [4.78, 5) is 21.2. The molecule has 1 N–H and O–H groups in total. The quantitative estimate of drug-likeness (QED) is 0.783. The molecule has 0 unspecified atom stereocenters. The number of rotatable bonds is 4. The average molecular weight is 344 g/mol. The third-order valence-electron chi connectivity index (χ3n) is 4.09. The summed E-state index contributed by atoms with van der Waals surface area (Å²) in [6.45, 7) is 3.87. The number of nitrogens with zero attached hydrogens (tertiary/aromatic N) is 3. The topological polar surface area (TPSA) is 67.5 Å². The maximum atomic E-state index is 12.8. The number of hydrogen-bond acceptors (Lipinski definition) is 4. The molecule has 0 spiro atoms. The molecule has 0 atom stereocenters. The van der Waals surface area contributed by atoms with Crippen LogP contribution >= 0.6 is 11.6 Å². The Morgan fingerprint density at radius 2 is 2.00 bits per heavy atom. The van der Waals surface area contributed by atoms with E-state index in [2.05, 4.69) is 16.9 Å². The first kappa shape index (κ1) is 16.5. The van der Waals surface area contributed by atoms with E-state index in [1.807, 2.05) is 0 Å². The van der Waals surface area contributed by atoms with E-state index in [0.717, 1.165) is 18.4 Å². The van der Waals surface area contributed by atoms with Crippen molar-refractivity contribution in [2.75, 3.05) is 0 Å². The Labute approximate surface area is 144 Å². The molecule has 0 bridgehead atoms. The summed E-state index contributed by atoms with van der Waals surface area (Å²) in [6, 6.07) is 3.50. The smallest absolute Gasteiger partial charge is 0.261 e. The fraction of sp³-hybridized carbons (Fsp3) is 0.278. The van der Waals surface area contributed by atoms with Crippen molar-refractivity contribution in [3.63, 3.8) is 0 Å². The van der Waals surface area contributed by atoms with Gasteiger partial charge in [-0.1, -0.05) is 24.9 Å². The number of pyridine rings is 2. The zero-order chi connectivity index (χ0) is 17.3. The van der Waals surface area contributed by atoms with E-state index in [0.29, 0.717) is 28.3 Å². The number of hydrogen-bond donors (Lipinski definition) is 1. The number of halogens is 1. The highest BCUT2D eigenvalue weighted by Crippen LogP contribution is 2.37. The Hall–Kier alpha value is -2.40. The van der Waals surface area contributed by atoms with E-state index >= 15 is 0 Å². The van der Waals surface area contributed by atoms with Crippen molar-refractivity contribution in [2.45, 2.75) is 33.1 Å². The molecule has 3 heterocycles. The van der Waals surface area contributed by atoms with Gasteiger partial charge in [0.1, 0.15) is 0 Å². The van der Waals surface area contributed by atoms with Crippen LogP contribution in [0.1, 0.15) is 31.0 Å². The second-order valence-corrected chi connectivity index (χ2v) is 6.12. The van der Waals surface area contributed by atoms with Gasteiger partial charge in [-0.25, -0.2) is 4.98 Å². The standard InChI is InChI=1S/C18H18ClN3O2/c1-3-4-5-13-11(2)21-17-16(23)15(12-6-8-20-9-7-12)14(19)10-22(17)18(13)24/h6-10,23H,3-5H2,1-2H3. The molecule has 0 saturated carbocycles. The lowest BCUT2D eigenvalue weighted by molar-refractivity contribution is 0.478. The fourth-order valence-corrected chi connectivity index (χ4v) is 3.10. The summed E-state index contributed by atoms with van der Waals surface area (Å²) in [6.07, 6.45) is 7.34. The monoisotopic (exact) mass is 343 g/mol. The molecule has 3 aromatic rings. The van der Waals surface area contributed by atoms with Gasteiger partial charge >= 0.3 is 0 Å². The lowest BCUT2D eigenvalue weighted by Crippen LogP contribution is -2.22. The van der Waals surface area contributed by atoms with Crippen LogP contribution in [0.15, 0.2) is 35.5 Å². The molecule has 0 fully saturated rings. The Morgan fingerprint density at radius 3 is 2.67 bits per heavy atom. The van der Waals surface area contributed by atoms with Gasteiger partial charge in [-0.3, -0.25) is 14.2 Å². The van der Waals surface area contributed by atoms with Crippen molar-refractivity contribution >= 4 is 17.2 Å². The van der Waals surface area contributed by atoms with Gasteiger partial charge < -0.3 is 5.11 Å². The first-order valence-corrected chi connectivity index (χ1v) is 8.26. The Balaban J connectivity index is 2.29. The van der Waals surface area contributed by atoms with Crippen molar-refractivity contribution in [3.8, 4) is 16.9 Å². The van der Waals surface area contributed by atoms with Crippen LogP contribution in [-0.2, 0) is 6.42 Å². The first-order valence-electron chi connectivity index (χ1n) is 7.88. The SMILES string of the molecule is CCCCc1c(C)nc2c(O)c(-c3ccncc3)c(Cl)cn2c1=O. The fourth-order valence-electron chi connectivity index (χ4n) is 2.80. The molecule has 0 aromatic carbocycles. The van der Waals surface area contributed by atoms with E-state index < -0.39 is 0 Å². The molecular formula is C18H18ClN3O2. The minimum Gasteiger partial charge on any atom is -0.504 e. The second kappa shape index (κ2) is 6.61. The van der Waals surface area contributed by atoms with Gasteiger partial charge in [-0.15, -0.1) is 0 Å². The summed E-state index contributed by atoms with van der Waals surface area (Å²) >= 11 is 6.34. The Kier molecular flexibility index (Phi) is 4.53. The first-order chi connectivity index (χ1) is 11.5. The molecule has 0 amide bonds. The molecule has 0 saturated heterocycles. The van der Waals surface area contributed by atoms with Crippen LogP contribution in [0.25, 0.3) is 16.8 Å². The van der Waals surface area contributed by atoms with Gasteiger partial charge in [0.2, 0.25) is 0 Å². The van der Waals surface area contributed by atoms with Gasteiger partial charge in [0.15, 0.2) is 11.4 Å². The van der Waals surface area contributed by atoms with Gasteiger partial charge in [0, 0.05) is 35.4 Å². The van der Waals surface area contributed by atoms with Crippen LogP contribution in [0, 0.1) is 6.92 Å². The van der Waals surface area contributed by atoms with Gasteiger partial charge in [-0.05, 0) is 37.5 Å². The molecule has 3 aromatic heterocycles. The molecule has 24 heavy (non-hydrogen) atoms. The summed E-state index contributed by atoms with van der Waals surface area (Å²) in [5.74, 6) is -0.101. The van der Waals surface area contributed by atoms with Crippen molar-refractivity contribution in [3.05, 3.63) is 57.4 Å². The third-order valence-corrected chi connectivity index (χ3v) is 4.38. The molecular weight excluding hydrogens is 326 g/mol. The molecule has 0 aliphatic rings. The summed E-state index contributed by atoms with van der Waals surface area (Å²) in [5.41, 5.74) is 2.52. The maximum absolute atomic E-state index is 12.8. The van der Waals surface area contributed by atoms with Gasteiger partial charge in [0.25, 0.3) is 5.56 Å². The molecule has 0 aliphatic heterocycles. The highest BCUT2D eigenvalue weighted by Gasteiger charge is 2.18. The largest absolute Gasteiger partial charge is 0.504 e. The van der Waals surface area contributed by atoms with Crippen molar-refractivity contribution in [1.29, 1.82) is 0 Å². The highest BCUT2D eigenvalue weighted by atomic mass is 35.5. The minimum absolute atomic E-state index is 0.101.